The highest BCUT2D eigenvalue weighted by Crippen LogP contribution is 2.45. The van der Waals surface area contributed by atoms with Gasteiger partial charge in [0.05, 0.1) is 6.10 Å². The van der Waals surface area contributed by atoms with E-state index in [-0.39, 0.29) is 16.6 Å². The molecule has 27 heavy (non-hydrogen) atoms. The van der Waals surface area contributed by atoms with Crippen LogP contribution >= 0.6 is 0 Å². The van der Waals surface area contributed by atoms with Gasteiger partial charge in [-0.3, -0.25) is 0 Å². The third-order valence-electron chi connectivity index (χ3n) is 6.63. The molecule has 2 aromatic rings. The Hall–Kier alpha value is -1.58. The van der Waals surface area contributed by atoms with E-state index < -0.39 is 8.32 Å². The van der Waals surface area contributed by atoms with E-state index in [0.717, 1.165) is 24.1 Å². The van der Waals surface area contributed by atoms with Gasteiger partial charge in [-0.15, -0.1) is 0 Å². The van der Waals surface area contributed by atoms with E-state index in [4.69, 9.17) is 4.43 Å². The number of fused-ring (bicyclic) bond motifs is 1. The van der Waals surface area contributed by atoms with E-state index in [9.17, 15) is 0 Å². The summed E-state index contributed by atoms with van der Waals surface area (Å²) in [5.74, 6) is 0. The SMILES string of the molecule is C=C(C1=CC(O[Si](C)(C)C(C)(C)C)C(C)(C)CC1)c1cc2ccccc2[nH]1. The van der Waals surface area contributed by atoms with Crippen LogP contribution in [0.25, 0.3) is 16.5 Å². The minimum Gasteiger partial charge on any atom is -0.410 e. The van der Waals surface area contributed by atoms with Gasteiger partial charge >= 0.3 is 0 Å². The Morgan fingerprint density at radius 1 is 1.22 bits per heavy atom. The molecular formula is C24H35NOSi. The highest BCUT2D eigenvalue weighted by molar-refractivity contribution is 6.74. The number of hydrogen-bond acceptors (Lipinski definition) is 1. The molecular weight excluding hydrogens is 346 g/mol. The molecule has 0 fully saturated rings. The maximum Gasteiger partial charge on any atom is 0.192 e. The molecule has 1 atom stereocenters. The lowest BCUT2D eigenvalue weighted by Gasteiger charge is -2.45. The zero-order valence-electron chi connectivity index (χ0n) is 18.1. The molecule has 0 saturated heterocycles. The Balaban J connectivity index is 1.91. The maximum atomic E-state index is 6.84. The molecule has 0 amide bonds. The van der Waals surface area contributed by atoms with Gasteiger partial charge in [0.1, 0.15) is 0 Å². The summed E-state index contributed by atoms with van der Waals surface area (Å²) >= 11 is 0. The number of para-hydroxylation sites is 1. The van der Waals surface area contributed by atoms with E-state index in [1.807, 2.05) is 0 Å². The van der Waals surface area contributed by atoms with Gasteiger partial charge in [-0.1, -0.05) is 65.5 Å². The van der Waals surface area contributed by atoms with Gasteiger partial charge in [0.2, 0.25) is 0 Å². The molecule has 0 radical (unpaired) electrons. The quantitative estimate of drug-likeness (QED) is 0.551. The van der Waals surface area contributed by atoms with Crippen LogP contribution in [-0.2, 0) is 4.43 Å². The molecule has 0 spiro atoms. The number of rotatable bonds is 4. The van der Waals surface area contributed by atoms with E-state index >= 15 is 0 Å². The van der Waals surface area contributed by atoms with Crippen molar-refractivity contribution < 1.29 is 4.43 Å². The van der Waals surface area contributed by atoms with Crippen LogP contribution < -0.4 is 0 Å². The monoisotopic (exact) mass is 381 g/mol. The third kappa shape index (κ3) is 4.00. The second-order valence-corrected chi connectivity index (χ2v) is 15.0. The fraction of sp³-hybridized carbons (Fsp3) is 0.500. The Kier molecular flexibility index (Phi) is 5.07. The van der Waals surface area contributed by atoms with Gasteiger partial charge in [-0.25, -0.2) is 0 Å². The van der Waals surface area contributed by atoms with E-state index in [2.05, 4.69) is 95.7 Å². The number of aromatic amines is 1. The van der Waals surface area contributed by atoms with Crippen LogP contribution in [0.4, 0.5) is 0 Å². The molecule has 1 aliphatic rings. The molecule has 1 aromatic heterocycles. The number of hydrogen-bond donors (Lipinski definition) is 1. The lowest BCUT2D eigenvalue weighted by atomic mass is 9.74. The van der Waals surface area contributed by atoms with Crippen LogP contribution in [0.3, 0.4) is 0 Å². The average Bonchev–Trinajstić information content (AvgIpc) is 2.99. The minimum absolute atomic E-state index is 0.142. The zero-order chi connectivity index (χ0) is 20.0. The predicted molar refractivity (Wildman–Crippen MR) is 121 cm³/mol. The average molecular weight is 382 g/mol. The van der Waals surface area contributed by atoms with Crippen molar-refractivity contribution in [3.63, 3.8) is 0 Å². The first-order valence-corrected chi connectivity index (χ1v) is 13.0. The summed E-state index contributed by atoms with van der Waals surface area (Å²) in [4.78, 5) is 3.53. The first-order valence-electron chi connectivity index (χ1n) is 10.1. The van der Waals surface area contributed by atoms with Gasteiger partial charge in [0.25, 0.3) is 0 Å². The van der Waals surface area contributed by atoms with Gasteiger partial charge in [0.15, 0.2) is 8.32 Å². The maximum absolute atomic E-state index is 6.84. The van der Waals surface area contributed by atoms with Crippen molar-refractivity contribution in [2.24, 2.45) is 5.41 Å². The van der Waals surface area contributed by atoms with Gasteiger partial charge in [0, 0.05) is 16.6 Å². The van der Waals surface area contributed by atoms with Crippen LogP contribution in [0.5, 0.6) is 0 Å². The first kappa shape index (κ1) is 20.2. The van der Waals surface area contributed by atoms with E-state index in [1.165, 1.54) is 16.5 Å². The molecule has 1 aliphatic carbocycles. The van der Waals surface area contributed by atoms with Gasteiger partial charge < -0.3 is 9.41 Å². The summed E-state index contributed by atoms with van der Waals surface area (Å²) in [5, 5.41) is 1.45. The number of benzene rings is 1. The van der Waals surface area contributed by atoms with Crippen molar-refractivity contribution in [3.8, 4) is 0 Å². The van der Waals surface area contributed by atoms with Crippen LogP contribution in [0.1, 0.15) is 53.2 Å². The number of H-pyrrole nitrogens is 1. The fourth-order valence-corrected chi connectivity index (χ4v) is 4.81. The Bertz CT molecular complexity index is 846. The molecule has 3 rings (SSSR count). The molecule has 0 bridgehead atoms. The molecule has 146 valence electrons. The summed E-state index contributed by atoms with van der Waals surface area (Å²) < 4.78 is 6.84. The topological polar surface area (TPSA) is 25.0 Å². The highest BCUT2D eigenvalue weighted by atomic mass is 28.4. The van der Waals surface area contributed by atoms with Crippen LogP contribution in [-0.4, -0.2) is 19.4 Å². The number of allylic oxidation sites excluding steroid dienone is 2. The molecule has 2 nitrogen and oxygen atoms in total. The summed E-state index contributed by atoms with van der Waals surface area (Å²) in [6, 6.07) is 10.6. The fourth-order valence-electron chi connectivity index (χ4n) is 3.44. The summed E-state index contributed by atoms with van der Waals surface area (Å²) in [5.41, 5.74) is 4.86. The van der Waals surface area contributed by atoms with Crippen molar-refractivity contribution in [2.75, 3.05) is 0 Å². The normalized spacial score (nSPS) is 20.6. The summed E-state index contributed by atoms with van der Waals surface area (Å²) in [7, 11) is -1.83. The predicted octanol–water partition coefficient (Wildman–Crippen LogP) is 7.32. The first-order chi connectivity index (χ1) is 12.4. The van der Waals surface area contributed by atoms with Crippen molar-refractivity contribution in [3.05, 3.63) is 54.3 Å². The largest absolute Gasteiger partial charge is 0.410 e. The standard InChI is InChI=1S/C24H35NOSi/c1-17(21-15-19-11-9-10-12-20(19)25-21)18-13-14-24(5,6)22(16-18)26-27(7,8)23(2,3)4/h9-12,15-16,22,25H,1,13-14H2,2-8H3. The smallest absolute Gasteiger partial charge is 0.192 e. The molecule has 0 saturated carbocycles. The third-order valence-corrected chi connectivity index (χ3v) is 11.1. The molecule has 3 heteroatoms. The minimum atomic E-state index is -1.83. The highest BCUT2D eigenvalue weighted by Gasteiger charge is 2.43. The van der Waals surface area contributed by atoms with Crippen molar-refractivity contribution in [1.82, 2.24) is 4.98 Å². The van der Waals surface area contributed by atoms with Crippen LogP contribution in [0.2, 0.25) is 18.1 Å². The van der Waals surface area contributed by atoms with Crippen molar-refractivity contribution in [1.29, 1.82) is 0 Å². The molecule has 1 heterocycles. The second kappa shape index (κ2) is 6.79. The second-order valence-electron chi connectivity index (χ2n) is 10.2. The Labute approximate surface area is 165 Å². The summed E-state index contributed by atoms with van der Waals surface area (Å²) in [6.07, 6.45) is 4.68. The molecule has 1 N–H and O–H groups in total. The van der Waals surface area contributed by atoms with Crippen molar-refractivity contribution >= 4 is 24.8 Å². The summed E-state index contributed by atoms with van der Waals surface area (Å²) in [6.45, 7) is 20.7. The Morgan fingerprint density at radius 2 is 1.89 bits per heavy atom. The molecule has 0 aliphatic heterocycles. The Morgan fingerprint density at radius 3 is 2.52 bits per heavy atom. The van der Waals surface area contributed by atoms with Crippen LogP contribution in [0, 0.1) is 5.41 Å². The van der Waals surface area contributed by atoms with Crippen LogP contribution in [0.15, 0.2) is 48.6 Å². The molecule has 1 aromatic carbocycles. The van der Waals surface area contributed by atoms with Gasteiger partial charge in [-0.2, -0.15) is 0 Å². The van der Waals surface area contributed by atoms with E-state index in [1.54, 1.807) is 0 Å². The van der Waals surface area contributed by atoms with Crippen molar-refractivity contribution in [2.45, 2.75) is 71.7 Å². The lowest BCUT2D eigenvalue weighted by molar-refractivity contribution is 0.0846. The van der Waals surface area contributed by atoms with E-state index in [0.29, 0.717) is 0 Å². The number of nitrogens with one attached hydrogen (secondary N) is 1. The zero-order valence-corrected chi connectivity index (χ0v) is 19.1. The lowest BCUT2D eigenvalue weighted by Crippen LogP contribution is -2.48. The van der Waals surface area contributed by atoms with Gasteiger partial charge in [-0.05, 0) is 59.7 Å². The molecule has 1 unspecified atom stereocenters. The number of aromatic nitrogens is 1.